The SMILES string of the molecule is Cc1ccc(C2=C(Cl)C(=O)N(c3cc(C)cc(C)c3)C2=O)cc1. The minimum absolute atomic E-state index is 0.0296. The largest absolute Gasteiger partial charge is 0.277 e. The van der Waals surface area contributed by atoms with Crippen molar-refractivity contribution in [3.8, 4) is 0 Å². The number of nitrogens with zero attached hydrogens (tertiary/aromatic N) is 1. The Labute approximate surface area is 140 Å². The van der Waals surface area contributed by atoms with Crippen molar-refractivity contribution in [2.75, 3.05) is 4.90 Å². The smallest absolute Gasteiger partial charge is 0.268 e. The fraction of sp³-hybridized carbons (Fsp3) is 0.158. The number of aryl methyl sites for hydroxylation is 3. The van der Waals surface area contributed by atoms with Crippen molar-refractivity contribution in [3.05, 3.63) is 69.8 Å². The van der Waals surface area contributed by atoms with Crippen molar-refractivity contribution >= 4 is 34.7 Å². The molecule has 0 spiro atoms. The molecular weight excluding hydrogens is 310 g/mol. The van der Waals surface area contributed by atoms with Crippen LogP contribution < -0.4 is 4.90 Å². The first-order chi connectivity index (χ1) is 10.9. The molecule has 0 atom stereocenters. The van der Waals surface area contributed by atoms with Crippen molar-refractivity contribution in [3.63, 3.8) is 0 Å². The van der Waals surface area contributed by atoms with Gasteiger partial charge in [0.05, 0.1) is 11.3 Å². The monoisotopic (exact) mass is 325 g/mol. The molecule has 0 aliphatic carbocycles. The van der Waals surface area contributed by atoms with Crippen LogP contribution in [0.1, 0.15) is 22.3 Å². The first-order valence-corrected chi connectivity index (χ1v) is 7.70. The zero-order valence-electron chi connectivity index (χ0n) is 13.2. The second-order valence-electron chi connectivity index (χ2n) is 5.85. The van der Waals surface area contributed by atoms with Crippen LogP contribution in [0.5, 0.6) is 0 Å². The summed E-state index contributed by atoms with van der Waals surface area (Å²) in [4.78, 5) is 26.5. The lowest BCUT2D eigenvalue weighted by Crippen LogP contribution is -2.31. The zero-order chi connectivity index (χ0) is 16.7. The molecule has 0 radical (unpaired) electrons. The molecule has 0 saturated heterocycles. The number of amides is 2. The first-order valence-electron chi connectivity index (χ1n) is 7.32. The van der Waals surface area contributed by atoms with Crippen LogP contribution >= 0.6 is 11.6 Å². The molecule has 0 N–H and O–H groups in total. The molecule has 3 rings (SSSR count). The summed E-state index contributed by atoms with van der Waals surface area (Å²) in [6.45, 7) is 5.82. The molecule has 0 aromatic heterocycles. The topological polar surface area (TPSA) is 37.4 Å². The van der Waals surface area contributed by atoms with Crippen LogP contribution in [0.4, 0.5) is 5.69 Å². The van der Waals surface area contributed by atoms with Crippen LogP contribution in [0.15, 0.2) is 47.5 Å². The molecule has 2 aromatic rings. The third kappa shape index (κ3) is 2.68. The molecule has 0 bridgehead atoms. The van der Waals surface area contributed by atoms with Crippen LogP contribution in [0.2, 0.25) is 0 Å². The Bertz CT molecular complexity index is 830. The molecule has 2 aromatic carbocycles. The fourth-order valence-corrected chi connectivity index (χ4v) is 3.06. The van der Waals surface area contributed by atoms with Crippen LogP contribution in [-0.4, -0.2) is 11.8 Å². The predicted octanol–water partition coefficient (Wildman–Crippen LogP) is 4.14. The quantitative estimate of drug-likeness (QED) is 0.778. The van der Waals surface area contributed by atoms with Crippen molar-refractivity contribution < 1.29 is 9.59 Å². The molecular formula is C19H16ClNO2. The standard InChI is InChI=1S/C19H16ClNO2/c1-11-4-6-14(7-5-11)16-17(20)19(23)21(18(16)22)15-9-12(2)8-13(3)10-15/h4-10H,1-3H3. The zero-order valence-corrected chi connectivity index (χ0v) is 13.9. The Morgan fingerprint density at radius 1 is 0.783 bits per heavy atom. The molecule has 1 aliphatic heterocycles. The van der Waals surface area contributed by atoms with Crippen LogP contribution in [0.25, 0.3) is 5.57 Å². The molecule has 0 unspecified atom stereocenters. The van der Waals surface area contributed by atoms with Crippen molar-refractivity contribution in [2.24, 2.45) is 0 Å². The third-order valence-electron chi connectivity index (χ3n) is 3.83. The maximum atomic E-state index is 12.8. The highest BCUT2D eigenvalue weighted by atomic mass is 35.5. The van der Waals surface area contributed by atoms with E-state index in [2.05, 4.69) is 0 Å². The minimum Gasteiger partial charge on any atom is -0.268 e. The summed E-state index contributed by atoms with van der Waals surface area (Å²) in [5.74, 6) is -0.855. The van der Waals surface area contributed by atoms with Gasteiger partial charge < -0.3 is 0 Å². The van der Waals surface area contributed by atoms with E-state index < -0.39 is 5.91 Å². The van der Waals surface area contributed by atoms with Crippen molar-refractivity contribution in [1.82, 2.24) is 0 Å². The van der Waals surface area contributed by atoms with Gasteiger partial charge >= 0.3 is 0 Å². The van der Waals surface area contributed by atoms with Gasteiger partial charge in [0.1, 0.15) is 5.03 Å². The van der Waals surface area contributed by atoms with Gasteiger partial charge in [0.2, 0.25) is 0 Å². The number of halogens is 1. The van der Waals surface area contributed by atoms with E-state index in [-0.39, 0.29) is 16.5 Å². The molecule has 116 valence electrons. The van der Waals surface area contributed by atoms with Gasteiger partial charge in [0.15, 0.2) is 0 Å². The van der Waals surface area contributed by atoms with E-state index in [4.69, 9.17) is 11.6 Å². The normalized spacial score (nSPS) is 14.9. The van der Waals surface area contributed by atoms with E-state index in [1.807, 2.05) is 63.2 Å². The number of hydrogen-bond donors (Lipinski definition) is 0. The average molecular weight is 326 g/mol. The Morgan fingerprint density at radius 2 is 1.35 bits per heavy atom. The van der Waals surface area contributed by atoms with Crippen LogP contribution in [-0.2, 0) is 9.59 Å². The second kappa shape index (κ2) is 5.67. The summed E-state index contributed by atoms with van der Waals surface area (Å²) in [5.41, 5.74) is 4.52. The number of rotatable bonds is 2. The summed E-state index contributed by atoms with van der Waals surface area (Å²) < 4.78 is 0. The average Bonchev–Trinajstić information content (AvgIpc) is 2.69. The van der Waals surface area contributed by atoms with Gasteiger partial charge in [0, 0.05) is 0 Å². The lowest BCUT2D eigenvalue weighted by atomic mass is 10.0. The number of carbonyl (C=O) groups is 2. The number of carbonyl (C=O) groups excluding carboxylic acids is 2. The number of anilines is 1. The highest BCUT2D eigenvalue weighted by Crippen LogP contribution is 2.35. The van der Waals surface area contributed by atoms with E-state index in [0.717, 1.165) is 21.6 Å². The molecule has 0 fully saturated rings. The van der Waals surface area contributed by atoms with Crippen LogP contribution in [0.3, 0.4) is 0 Å². The van der Waals surface area contributed by atoms with Gasteiger partial charge in [-0.25, -0.2) is 4.90 Å². The van der Waals surface area contributed by atoms with E-state index in [9.17, 15) is 9.59 Å². The lowest BCUT2D eigenvalue weighted by molar-refractivity contribution is -0.119. The van der Waals surface area contributed by atoms with E-state index in [1.54, 1.807) is 0 Å². The van der Waals surface area contributed by atoms with Crippen molar-refractivity contribution in [2.45, 2.75) is 20.8 Å². The summed E-state index contributed by atoms with van der Waals surface area (Å²) >= 11 is 6.19. The maximum absolute atomic E-state index is 12.8. The van der Waals surface area contributed by atoms with Crippen molar-refractivity contribution in [1.29, 1.82) is 0 Å². The second-order valence-corrected chi connectivity index (χ2v) is 6.22. The minimum atomic E-state index is -0.475. The maximum Gasteiger partial charge on any atom is 0.277 e. The summed E-state index contributed by atoms with van der Waals surface area (Å²) in [6, 6.07) is 13.0. The third-order valence-corrected chi connectivity index (χ3v) is 4.18. The summed E-state index contributed by atoms with van der Waals surface area (Å²) in [5, 5.41) is -0.0296. The number of hydrogen-bond acceptors (Lipinski definition) is 2. The van der Waals surface area contributed by atoms with Gasteiger partial charge in [0.25, 0.3) is 11.8 Å². The fourth-order valence-electron chi connectivity index (χ4n) is 2.79. The van der Waals surface area contributed by atoms with E-state index in [1.165, 1.54) is 0 Å². The van der Waals surface area contributed by atoms with Gasteiger partial charge in [-0.2, -0.15) is 0 Å². The van der Waals surface area contributed by atoms with E-state index in [0.29, 0.717) is 11.3 Å². The molecule has 23 heavy (non-hydrogen) atoms. The molecule has 4 heteroatoms. The number of imide groups is 1. The van der Waals surface area contributed by atoms with Gasteiger partial charge in [-0.3, -0.25) is 9.59 Å². The Balaban J connectivity index is 2.07. The van der Waals surface area contributed by atoms with E-state index >= 15 is 0 Å². The molecule has 1 heterocycles. The Kier molecular flexibility index (Phi) is 3.82. The summed E-state index contributed by atoms with van der Waals surface area (Å²) in [6.07, 6.45) is 0. The van der Waals surface area contributed by atoms with Gasteiger partial charge in [-0.15, -0.1) is 0 Å². The van der Waals surface area contributed by atoms with Crippen LogP contribution in [0, 0.1) is 20.8 Å². The van der Waals surface area contributed by atoms with Gasteiger partial charge in [-0.1, -0.05) is 47.5 Å². The number of benzene rings is 2. The highest BCUT2D eigenvalue weighted by Gasteiger charge is 2.39. The van der Waals surface area contributed by atoms with Gasteiger partial charge in [-0.05, 0) is 49.6 Å². The highest BCUT2D eigenvalue weighted by molar-refractivity contribution is 6.60. The molecule has 2 amide bonds. The Hall–Kier alpha value is -2.39. The molecule has 3 nitrogen and oxygen atoms in total. The predicted molar refractivity (Wildman–Crippen MR) is 92.4 cm³/mol. The lowest BCUT2D eigenvalue weighted by Gasteiger charge is -2.16. The first kappa shape index (κ1) is 15.5. The molecule has 1 aliphatic rings. The Morgan fingerprint density at radius 3 is 1.91 bits per heavy atom. The molecule has 0 saturated carbocycles. The summed E-state index contributed by atoms with van der Waals surface area (Å²) in [7, 11) is 0.